The lowest BCUT2D eigenvalue weighted by Crippen LogP contribution is -2.39. The second kappa shape index (κ2) is 6.38. The average Bonchev–Trinajstić information content (AvgIpc) is 3.44. The van der Waals surface area contributed by atoms with Crippen LogP contribution in [0.2, 0.25) is 0 Å². The van der Waals surface area contributed by atoms with Gasteiger partial charge in [-0.25, -0.2) is 9.36 Å². The Hall–Kier alpha value is -3.74. The third-order valence-corrected chi connectivity index (χ3v) is 6.82. The van der Waals surface area contributed by atoms with Crippen LogP contribution in [0.25, 0.3) is 22.1 Å². The monoisotopic (exact) mass is 407 g/mol. The molecule has 2 aliphatic heterocycles. The van der Waals surface area contributed by atoms with Crippen LogP contribution in [0.1, 0.15) is 36.1 Å². The van der Waals surface area contributed by atoms with E-state index in [9.17, 15) is 0 Å². The Morgan fingerprint density at radius 2 is 1.13 bits per heavy atom. The second-order valence-electron chi connectivity index (χ2n) is 8.43. The van der Waals surface area contributed by atoms with Gasteiger partial charge in [-0.15, -0.1) is 10.2 Å². The van der Waals surface area contributed by atoms with E-state index in [1.807, 2.05) is 24.3 Å². The molecule has 4 heterocycles. The van der Waals surface area contributed by atoms with Gasteiger partial charge in [0.15, 0.2) is 0 Å². The summed E-state index contributed by atoms with van der Waals surface area (Å²) in [7, 11) is 0. The quantitative estimate of drug-likeness (QED) is 0.443. The summed E-state index contributed by atoms with van der Waals surface area (Å²) in [6.45, 7) is 2.04. The topological polar surface area (TPSA) is 64.7 Å². The number of fused-ring (bicyclic) bond motifs is 2. The zero-order valence-corrected chi connectivity index (χ0v) is 17.0. The molecule has 5 aromatic rings. The Kier molecular flexibility index (Phi) is 3.50. The Bertz CT molecular complexity index is 1330. The molecule has 2 atom stereocenters. The molecule has 0 radical (unpaired) electrons. The number of nitrogens with zero attached hydrogens (tertiary/aromatic N) is 7. The smallest absolute Gasteiger partial charge is 0.113 e. The van der Waals surface area contributed by atoms with Crippen molar-refractivity contribution in [2.45, 2.75) is 24.9 Å². The van der Waals surface area contributed by atoms with Crippen LogP contribution in [0.4, 0.5) is 5.69 Å². The molecule has 152 valence electrons. The summed E-state index contributed by atoms with van der Waals surface area (Å²) in [6, 6.07) is 23.5. The average molecular weight is 407 g/mol. The predicted octanol–water partition coefficient (Wildman–Crippen LogP) is 3.97. The zero-order chi connectivity index (χ0) is 20.4. The van der Waals surface area contributed by atoms with Gasteiger partial charge in [0.2, 0.25) is 0 Å². The molecule has 2 aliphatic rings. The van der Waals surface area contributed by atoms with Gasteiger partial charge in [-0.1, -0.05) is 52.9 Å². The first-order valence-corrected chi connectivity index (χ1v) is 10.9. The SMILES string of the molecule is c1cc2c3c(c1)[C@H](n1nnc4ccccc41)CCN3CC[C@H]2n1nnc2ccccc21. The number of hydrogen-bond acceptors (Lipinski definition) is 5. The largest absolute Gasteiger partial charge is 0.371 e. The summed E-state index contributed by atoms with van der Waals surface area (Å²) < 4.78 is 4.22. The Morgan fingerprint density at radius 1 is 0.613 bits per heavy atom. The van der Waals surface area contributed by atoms with Crippen molar-refractivity contribution in [3.05, 3.63) is 77.9 Å². The third-order valence-electron chi connectivity index (χ3n) is 6.82. The van der Waals surface area contributed by atoms with Crippen molar-refractivity contribution >= 4 is 27.8 Å². The molecule has 7 heteroatoms. The second-order valence-corrected chi connectivity index (χ2v) is 8.43. The molecular formula is C24H21N7. The van der Waals surface area contributed by atoms with E-state index < -0.39 is 0 Å². The van der Waals surface area contributed by atoms with Crippen molar-refractivity contribution in [3.63, 3.8) is 0 Å². The molecule has 0 fully saturated rings. The normalized spacial score (nSPS) is 20.3. The molecule has 7 nitrogen and oxygen atoms in total. The van der Waals surface area contributed by atoms with Crippen molar-refractivity contribution in [2.75, 3.05) is 18.0 Å². The van der Waals surface area contributed by atoms with Gasteiger partial charge in [-0.3, -0.25) is 0 Å². The van der Waals surface area contributed by atoms with E-state index in [-0.39, 0.29) is 12.1 Å². The highest BCUT2D eigenvalue weighted by Crippen LogP contribution is 2.45. The van der Waals surface area contributed by atoms with Gasteiger partial charge in [0.1, 0.15) is 11.0 Å². The summed E-state index contributed by atoms with van der Waals surface area (Å²) >= 11 is 0. The number of benzene rings is 3. The Morgan fingerprint density at radius 3 is 1.68 bits per heavy atom. The lowest BCUT2D eigenvalue weighted by Gasteiger charge is -2.42. The summed E-state index contributed by atoms with van der Waals surface area (Å²) in [6.07, 6.45) is 2.06. The summed E-state index contributed by atoms with van der Waals surface area (Å²) in [5, 5.41) is 17.9. The van der Waals surface area contributed by atoms with Crippen LogP contribution in [-0.4, -0.2) is 43.1 Å². The standard InChI is InChI=1S/C24H21N7/c1-3-10-22-18(8-1)25-27-30(22)20-12-14-29-15-13-21(17-7-5-6-16(20)24(17)29)31-23-11-4-2-9-19(23)26-28-31/h1-11,20-21H,12-15H2/t20-,21-/m1/s1. The molecule has 0 amide bonds. The maximum absolute atomic E-state index is 4.55. The highest BCUT2D eigenvalue weighted by molar-refractivity contribution is 5.76. The van der Waals surface area contributed by atoms with Crippen LogP contribution in [-0.2, 0) is 0 Å². The number of rotatable bonds is 2. The third kappa shape index (κ3) is 2.40. The van der Waals surface area contributed by atoms with Crippen LogP contribution in [0.3, 0.4) is 0 Å². The molecule has 2 aromatic heterocycles. The molecule has 7 rings (SSSR count). The van der Waals surface area contributed by atoms with Gasteiger partial charge in [0, 0.05) is 29.9 Å². The van der Waals surface area contributed by atoms with Crippen LogP contribution >= 0.6 is 0 Å². The summed E-state index contributed by atoms with van der Waals surface area (Å²) in [4.78, 5) is 2.54. The number of hydrogen-bond donors (Lipinski definition) is 0. The van der Waals surface area contributed by atoms with Crippen LogP contribution in [0.15, 0.2) is 66.7 Å². The summed E-state index contributed by atoms with van der Waals surface area (Å²) in [5.74, 6) is 0. The minimum absolute atomic E-state index is 0.185. The minimum Gasteiger partial charge on any atom is -0.371 e. The first kappa shape index (κ1) is 17.0. The highest BCUT2D eigenvalue weighted by atomic mass is 15.5. The van der Waals surface area contributed by atoms with Crippen LogP contribution in [0.5, 0.6) is 0 Å². The maximum Gasteiger partial charge on any atom is 0.113 e. The Labute approximate surface area is 178 Å². The molecule has 0 bridgehead atoms. The van der Waals surface area contributed by atoms with E-state index in [2.05, 4.69) is 77.4 Å². The van der Waals surface area contributed by atoms with Gasteiger partial charge in [-0.05, 0) is 37.1 Å². The minimum atomic E-state index is 0.185. The lowest BCUT2D eigenvalue weighted by atomic mass is 9.86. The van der Waals surface area contributed by atoms with Gasteiger partial charge >= 0.3 is 0 Å². The molecule has 3 aromatic carbocycles. The fourth-order valence-corrected chi connectivity index (χ4v) is 5.43. The van der Waals surface area contributed by atoms with E-state index in [4.69, 9.17) is 0 Å². The fraction of sp³-hybridized carbons (Fsp3) is 0.250. The van der Waals surface area contributed by atoms with Crippen molar-refractivity contribution in [1.82, 2.24) is 30.0 Å². The first-order chi connectivity index (χ1) is 15.4. The fourth-order valence-electron chi connectivity index (χ4n) is 5.43. The van der Waals surface area contributed by atoms with E-state index in [1.54, 1.807) is 0 Å². The molecule has 0 unspecified atom stereocenters. The lowest BCUT2D eigenvalue weighted by molar-refractivity contribution is 0.426. The van der Waals surface area contributed by atoms with Gasteiger partial charge in [0.05, 0.1) is 23.1 Å². The molecule has 0 saturated heterocycles. The summed E-state index contributed by atoms with van der Waals surface area (Å²) in [5.41, 5.74) is 8.07. The molecule has 0 spiro atoms. The van der Waals surface area contributed by atoms with E-state index >= 15 is 0 Å². The maximum atomic E-state index is 4.55. The van der Waals surface area contributed by atoms with Crippen molar-refractivity contribution in [2.24, 2.45) is 0 Å². The van der Waals surface area contributed by atoms with E-state index in [0.717, 1.165) is 48.0 Å². The first-order valence-electron chi connectivity index (χ1n) is 10.9. The number of anilines is 1. The van der Waals surface area contributed by atoms with E-state index in [1.165, 1.54) is 16.8 Å². The highest BCUT2D eigenvalue weighted by Gasteiger charge is 2.36. The Balaban J connectivity index is 1.40. The van der Waals surface area contributed by atoms with Gasteiger partial charge < -0.3 is 4.90 Å². The molecule has 0 aliphatic carbocycles. The van der Waals surface area contributed by atoms with Crippen molar-refractivity contribution in [1.29, 1.82) is 0 Å². The van der Waals surface area contributed by atoms with Gasteiger partial charge in [-0.2, -0.15) is 0 Å². The molecule has 31 heavy (non-hydrogen) atoms. The number of aromatic nitrogens is 6. The zero-order valence-electron chi connectivity index (χ0n) is 17.0. The van der Waals surface area contributed by atoms with Crippen molar-refractivity contribution in [3.8, 4) is 0 Å². The van der Waals surface area contributed by atoms with Crippen LogP contribution in [0, 0.1) is 0 Å². The predicted molar refractivity (Wildman–Crippen MR) is 119 cm³/mol. The van der Waals surface area contributed by atoms with E-state index in [0.29, 0.717) is 0 Å². The molecule has 0 N–H and O–H groups in total. The van der Waals surface area contributed by atoms with Gasteiger partial charge in [0.25, 0.3) is 0 Å². The van der Waals surface area contributed by atoms with Crippen LogP contribution < -0.4 is 4.90 Å². The number of para-hydroxylation sites is 3. The molecular weight excluding hydrogens is 386 g/mol. The van der Waals surface area contributed by atoms with Crippen molar-refractivity contribution < 1.29 is 0 Å². The molecule has 0 saturated carbocycles.